The van der Waals surface area contributed by atoms with Crippen LogP contribution in [0.5, 0.6) is 5.75 Å². The molecule has 1 aromatic heterocycles. The summed E-state index contributed by atoms with van der Waals surface area (Å²) in [7, 11) is 1.85. The molecule has 0 radical (unpaired) electrons. The lowest BCUT2D eigenvalue weighted by Crippen LogP contribution is -2.03. The van der Waals surface area contributed by atoms with Crippen molar-refractivity contribution in [1.29, 1.82) is 0 Å². The number of thioether (sulfide) groups is 1. The van der Waals surface area contributed by atoms with Crippen LogP contribution in [-0.2, 0) is 13.7 Å². The van der Waals surface area contributed by atoms with Crippen LogP contribution in [0.1, 0.15) is 5.69 Å². The summed E-state index contributed by atoms with van der Waals surface area (Å²) in [5.41, 5.74) is 0.759. The van der Waals surface area contributed by atoms with Crippen LogP contribution in [0, 0.1) is 5.82 Å². The normalized spacial score (nSPS) is 10.8. The molecule has 1 aromatic carbocycles. The Morgan fingerprint density at radius 1 is 1.50 bits per heavy atom. The van der Waals surface area contributed by atoms with Gasteiger partial charge in [0, 0.05) is 12.8 Å². The Morgan fingerprint density at radius 2 is 2.30 bits per heavy atom. The van der Waals surface area contributed by atoms with Crippen molar-refractivity contribution >= 4 is 23.4 Å². The Balaban J connectivity index is 1.83. The third-order valence-electron chi connectivity index (χ3n) is 2.67. The number of aliphatic hydroxyl groups excluding tert-OH is 1. The smallest absolute Gasteiger partial charge is 0.168 e. The van der Waals surface area contributed by atoms with E-state index in [1.165, 1.54) is 30.0 Å². The lowest BCUT2D eigenvalue weighted by atomic mass is 10.3. The van der Waals surface area contributed by atoms with Crippen LogP contribution < -0.4 is 4.74 Å². The Kier molecular flexibility index (Phi) is 5.28. The van der Waals surface area contributed by atoms with Crippen molar-refractivity contribution < 1.29 is 14.2 Å². The molecule has 1 N–H and O–H groups in total. The van der Waals surface area contributed by atoms with E-state index in [0.29, 0.717) is 18.1 Å². The molecule has 108 valence electrons. The maximum absolute atomic E-state index is 12.9. The van der Waals surface area contributed by atoms with Gasteiger partial charge in [-0.05, 0) is 18.2 Å². The van der Waals surface area contributed by atoms with E-state index in [4.69, 9.17) is 21.4 Å². The molecule has 1 heterocycles. The van der Waals surface area contributed by atoms with E-state index in [0.717, 1.165) is 10.9 Å². The predicted molar refractivity (Wildman–Crippen MR) is 76.8 cm³/mol. The van der Waals surface area contributed by atoms with Gasteiger partial charge in [-0.2, -0.15) is 0 Å². The molecule has 0 aliphatic rings. The largest absolute Gasteiger partial charge is 0.491 e. The molecular weight excluding hydrogens is 303 g/mol. The highest BCUT2D eigenvalue weighted by atomic mass is 35.5. The zero-order chi connectivity index (χ0) is 14.5. The van der Waals surface area contributed by atoms with Crippen molar-refractivity contribution in [3.05, 3.63) is 40.9 Å². The van der Waals surface area contributed by atoms with Crippen LogP contribution in [0.15, 0.2) is 29.6 Å². The number of nitrogens with zero attached hydrogens (tertiary/aromatic N) is 2. The van der Waals surface area contributed by atoms with Crippen molar-refractivity contribution in [1.82, 2.24) is 9.55 Å². The molecule has 2 rings (SSSR count). The van der Waals surface area contributed by atoms with Gasteiger partial charge in [0.15, 0.2) is 5.16 Å². The highest BCUT2D eigenvalue weighted by molar-refractivity contribution is 7.99. The van der Waals surface area contributed by atoms with Crippen LogP contribution in [0.4, 0.5) is 4.39 Å². The molecule has 0 saturated carbocycles. The van der Waals surface area contributed by atoms with Gasteiger partial charge in [-0.3, -0.25) is 0 Å². The number of halogens is 2. The molecule has 4 nitrogen and oxygen atoms in total. The first-order chi connectivity index (χ1) is 9.61. The molecule has 0 fully saturated rings. The van der Waals surface area contributed by atoms with E-state index in [2.05, 4.69) is 4.98 Å². The lowest BCUT2D eigenvalue weighted by molar-refractivity contribution is 0.271. The first kappa shape index (κ1) is 15.2. The Bertz CT molecular complexity index is 592. The molecule has 0 bridgehead atoms. The standard InChI is InChI=1S/C13H14ClFN2O2S/c1-17-10(8-18)7-16-13(17)20-5-4-19-12-3-2-9(15)6-11(12)14/h2-3,6-7,18H,4-5,8H2,1H3. The summed E-state index contributed by atoms with van der Waals surface area (Å²) in [5.74, 6) is 0.745. The Hall–Kier alpha value is -1.24. The number of hydrogen-bond donors (Lipinski definition) is 1. The second-order valence-electron chi connectivity index (χ2n) is 4.02. The minimum absolute atomic E-state index is 0.0360. The monoisotopic (exact) mass is 316 g/mol. The summed E-state index contributed by atoms with van der Waals surface area (Å²) in [6, 6.07) is 4.03. The third kappa shape index (κ3) is 3.65. The average molecular weight is 317 g/mol. The highest BCUT2D eigenvalue weighted by Crippen LogP contribution is 2.25. The van der Waals surface area contributed by atoms with E-state index in [1.807, 2.05) is 11.6 Å². The van der Waals surface area contributed by atoms with E-state index >= 15 is 0 Å². The SMILES string of the molecule is Cn1c(CO)cnc1SCCOc1ccc(F)cc1Cl. The van der Waals surface area contributed by atoms with E-state index in [-0.39, 0.29) is 17.4 Å². The van der Waals surface area contributed by atoms with Gasteiger partial charge in [-0.15, -0.1) is 0 Å². The van der Waals surface area contributed by atoms with Crippen molar-refractivity contribution in [3.63, 3.8) is 0 Å². The fraction of sp³-hybridized carbons (Fsp3) is 0.308. The molecule has 7 heteroatoms. The van der Waals surface area contributed by atoms with Crippen molar-refractivity contribution in [2.75, 3.05) is 12.4 Å². The summed E-state index contributed by atoms with van der Waals surface area (Å²) in [6.07, 6.45) is 1.64. The second-order valence-corrected chi connectivity index (χ2v) is 5.49. The zero-order valence-corrected chi connectivity index (χ0v) is 12.4. The van der Waals surface area contributed by atoms with E-state index < -0.39 is 0 Å². The highest BCUT2D eigenvalue weighted by Gasteiger charge is 2.07. The number of hydrogen-bond acceptors (Lipinski definition) is 4. The Morgan fingerprint density at radius 3 is 2.95 bits per heavy atom. The van der Waals surface area contributed by atoms with Gasteiger partial charge in [-0.25, -0.2) is 9.37 Å². The third-order valence-corrected chi connectivity index (χ3v) is 3.97. The van der Waals surface area contributed by atoms with Gasteiger partial charge in [0.2, 0.25) is 0 Å². The number of benzene rings is 1. The first-order valence-electron chi connectivity index (χ1n) is 5.94. The maximum atomic E-state index is 12.9. The molecule has 0 aliphatic carbocycles. The van der Waals surface area contributed by atoms with Gasteiger partial charge < -0.3 is 14.4 Å². The Labute approximate surface area is 125 Å². The molecular formula is C13H14ClFN2O2S. The summed E-state index contributed by atoms with van der Waals surface area (Å²) < 4.78 is 20.2. The van der Waals surface area contributed by atoms with Crippen LogP contribution in [0.3, 0.4) is 0 Å². The van der Waals surface area contributed by atoms with E-state index in [9.17, 15) is 4.39 Å². The van der Waals surface area contributed by atoms with Crippen LogP contribution >= 0.6 is 23.4 Å². The first-order valence-corrected chi connectivity index (χ1v) is 7.30. The van der Waals surface area contributed by atoms with Gasteiger partial charge in [0.1, 0.15) is 11.6 Å². The van der Waals surface area contributed by atoms with Crippen LogP contribution in [0.2, 0.25) is 5.02 Å². The average Bonchev–Trinajstić information content (AvgIpc) is 2.77. The fourth-order valence-electron chi connectivity index (χ4n) is 1.58. The minimum atomic E-state index is -0.388. The molecule has 20 heavy (non-hydrogen) atoms. The quantitative estimate of drug-likeness (QED) is 0.657. The van der Waals surface area contributed by atoms with Crippen molar-refractivity contribution in [2.24, 2.45) is 7.05 Å². The summed E-state index contributed by atoms with van der Waals surface area (Å²) in [5, 5.41) is 10.1. The maximum Gasteiger partial charge on any atom is 0.168 e. The molecule has 0 saturated heterocycles. The summed E-state index contributed by atoms with van der Waals surface area (Å²) >= 11 is 7.37. The molecule has 0 amide bonds. The van der Waals surface area contributed by atoms with Gasteiger partial charge in [0.25, 0.3) is 0 Å². The predicted octanol–water partition coefficient (Wildman–Crippen LogP) is 2.88. The number of aromatic nitrogens is 2. The van der Waals surface area contributed by atoms with Crippen molar-refractivity contribution in [2.45, 2.75) is 11.8 Å². The summed E-state index contributed by atoms with van der Waals surface area (Å²) in [4.78, 5) is 4.19. The van der Waals surface area contributed by atoms with Gasteiger partial charge in [-0.1, -0.05) is 23.4 Å². The minimum Gasteiger partial charge on any atom is -0.491 e. The zero-order valence-electron chi connectivity index (χ0n) is 10.8. The van der Waals surface area contributed by atoms with E-state index in [1.54, 1.807) is 6.20 Å². The van der Waals surface area contributed by atoms with Crippen LogP contribution in [0.25, 0.3) is 0 Å². The van der Waals surface area contributed by atoms with Gasteiger partial charge >= 0.3 is 0 Å². The lowest BCUT2D eigenvalue weighted by Gasteiger charge is -2.08. The number of imidazole rings is 1. The molecule has 2 aromatic rings. The summed E-state index contributed by atoms with van der Waals surface area (Å²) in [6.45, 7) is 0.392. The number of ether oxygens (including phenoxy) is 1. The molecule has 0 aliphatic heterocycles. The molecule has 0 atom stereocenters. The second kappa shape index (κ2) is 6.97. The topological polar surface area (TPSA) is 47.3 Å². The molecule has 0 spiro atoms. The number of aliphatic hydroxyl groups is 1. The fourth-order valence-corrected chi connectivity index (χ4v) is 2.59. The van der Waals surface area contributed by atoms with Crippen LogP contribution in [-0.4, -0.2) is 27.0 Å². The molecule has 0 unspecified atom stereocenters. The van der Waals surface area contributed by atoms with Gasteiger partial charge in [0.05, 0.1) is 30.1 Å². The number of rotatable bonds is 6. The van der Waals surface area contributed by atoms with Crippen molar-refractivity contribution in [3.8, 4) is 5.75 Å².